The number of aliphatic carboxylic acids is 1. The molecule has 0 heterocycles. The van der Waals surface area contributed by atoms with Crippen molar-refractivity contribution in [1.82, 2.24) is 4.90 Å². The lowest BCUT2D eigenvalue weighted by atomic mass is 9.85. The van der Waals surface area contributed by atoms with Gasteiger partial charge in [-0.25, -0.2) is 4.79 Å². The van der Waals surface area contributed by atoms with Gasteiger partial charge < -0.3 is 10.0 Å². The molecule has 0 saturated heterocycles. The van der Waals surface area contributed by atoms with Crippen LogP contribution in [-0.2, 0) is 9.59 Å². The largest absolute Gasteiger partial charge is 0.479 e. The van der Waals surface area contributed by atoms with E-state index >= 15 is 0 Å². The monoisotopic (exact) mass is 213 g/mol. The van der Waals surface area contributed by atoms with Gasteiger partial charge in [0.2, 0.25) is 6.41 Å². The number of carbonyl (C=O) groups excluding carboxylic acids is 1. The van der Waals surface area contributed by atoms with Crippen LogP contribution in [0.5, 0.6) is 0 Å². The third-order valence-corrected chi connectivity index (χ3v) is 3.58. The highest BCUT2D eigenvalue weighted by Crippen LogP contribution is 2.49. The number of carboxylic acid groups (broad SMARTS) is 1. The molecule has 0 aromatic heterocycles. The highest BCUT2D eigenvalue weighted by Gasteiger charge is 2.56. The van der Waals surface area contributed by atoms with Gasteiger partial charge >= 0.3 is 5.97 Å². The molecule has 1 saturated carbocycles. The number of amides is 1. The summed E-state index contributed by atoms with van der Waals surface area (Å²) in [5.74, 6) is -0.907. The van der Waals surface area contributed by atoms with Crippen molar-refractivity contribution in [2.24, 2.45) is 11.3 Å². The molecule has 0 bridgehead atoms. The Morgan fingerprint density at radius 2 is 2.07 bits per heavy atom. The number of carboxylic acids is 1. The number of rotatable bonds is 3. The molecule has 0 radical (unpaired) electrons. The molecule has 1 N–H and O–H groups in total. The molecule has 2 unspecified atom stereocenters. The number of nitrogens with zero attached hydrogens (tertiary/aromatic N) is 1. The molecular formula is C11H19NO3. The molecule has 1 aliphatic rings. The fraction of sp³-hybridized carbons (Fsp3) is 0.818. The van der Waals surface area contributed by atoms with Crippen molar-refractivity contribution in [1.29, 1.82) is 0 Å². The second-order valence-electron chi connectivity index (χ2n) is 5.39. The van der Waals surface area contributed by atoms with Crippen LogP contribution >= 0.6 is 0 Å². The second kappa shape index (κ2) is 3.51. The molecule has 1 aliphatic carbocycles. The van der Waals surface area contributed by atoms with Crippen molar-refractivity contribution in [2.75, 3.05) is 7.05 Å². The van der Waals surface area contributed by atoms with Crippen molar-refractivity contribution in [2.45, 2.75) is 39.2 Å². The van der Waals surface area contributed by atoms with E-state index in [2.05, 4.69) is 0 Å². The lowest BCUT2D eigenvalue weighted by molar-refractivity contribution is -0.156. The third kappa shape index (κ3) is 1.73. The normalized spacial score (nSPS) is 33.7. The summed E-state index contributed by atoms with van der Waals surface area (Å²) in [5.41, 5.74) is -1.04. The van der Waals surface area contributed by atoms with Gasteiger partial charge in [-0.3, -0.25) is 4.79 Å². The summed E-state index contributed by atoms with van der Waals surface area (Å²) in [6, 6.07) is 0. The topological polar surface area (TPSA) is 57.6 Å². The predicted octanol–water partition coefficient (Wildman–Crippen LogP) is 1.35. The quantitative estimate of drug-likeness (QED) is 0.720. The molecule has 1 amide bonds. The molecule has 86 valence electrons. The summed E-state index contributed by atoms with van der Waals surface area (Å²) in [6.07, 6.45) is 1.97. The van der Waals surface area contributed by atoms with Crippen LogP contribution in [0.2, 0.25) is 0 Å². The Bertz CT molecular complexity index is 288. The van der Waals surface area contributed by atoms with Crippen molar-refractivity contribution in [3.8, 4) is 0 Å². The first-order valence-corrected chi connectivity index (χ1v) is 5.18. The average Bonchev–Trinajstić information content (AvgIpc) is 2.35. The molecule has 0 aromatic carbocycles. The maximum absolute atomic E-state index is 11.4. The third-order valence-electron chi connectivity index (χ3n) is 3.58. The van der Waals surface area contributed by atoms with Gasteiger partial charge in [0.15, 0.2) is 0 Å². The maximum Gasteiger partial charge on any atom is 0.329 e. The van der Waals surface area contributed by atoms with E-state index in [0.29, 0.717) is 12.8 Å². The first kappa shape index (κ1) is 12.0. The van der Waals surface area contributed by atoms with Crippen LogP contribution in [0.15, 0.2) is 0 Å². The molecule has 0 aromatic rings. The minimum atomic E-state index is -1.02. The SMILES string of the molecule is CC1CC(C)(C)CC1(C(=O)O)N(C)C=O. The number of hydrogen-bond acceptors (Lipinski definition) is 2. The molecule has 0 spiro atoms. The van der Waals surface area contributed by atoms with Gasteiger partial charge in [-0.15, -0.1) is 0 Å². The van der Waals surface area contributed by atoms with Gasteiger partial charge in [0, 0.05) is 7.05 Å². The lowest BCUT2D eigenvalue weighted by Crippen LogP contribution is -2.54. The van der Waals surface area contributed by atoms with Crippen molar-refractivity contribution in [3.63, 3.8) is 0 Å². The minimum Gasteiger partial charge on any atom is -0.479 e. The zero-order chi connectivity index (χ0) is 11.9. The summed E-state index contributed by atoms with van der Waals surface area (Å²) in [6.45, 7) is 6.00. The van der Waals surface area contributed by atoms with E-state index < -0.39 is 11.5 Å². The van der Waals surface area contributed by atoms with Gasteiger partial charge in [-0.2, -0.15) is 0 Å². The van der Waals surface area contributed by atoms with E-state index in [-0.39, 0.29) is 11.3 Å². The van der Waals surface area contributed by atoms with Crippen LogP contribution in [0.25, 0.3) is 0 Å². The predicted molar refractivity (Wildman–Crippen MR) is 56.4 cm³/mol. The standard InChI is InChI=1S/C11H19NO3/c1-8-5-10(2,3)6-11(8,9(14)15)12(4)7-13/h7-8H,5-6H2,1-4H3,(H,14,15). The summed E-state index contributed by atoms with van der Waals surface area (Å²) in [4.78, 5) is 23.6. The van der Waals surface area contributed by atoms with Crippen LogP contribution in [0, 0.1) is 11.3 Å². The van der Waals surface area contributed by atoms with Crippen LogP contribution in [0.3, 0.4) is 0 Å². The van der Waals surface area contributed by atoms with Crippen LogP contribution in [-0.4, -0.2) is 35.0 Å². The van der Waals surface area contributed by atoms with Crippen LogP contribution < -0.4 is 0 Å². The Hall–Kier alpha value is -1.06. The van der Waals surface area contributed by atoms with Gasteiger partial charge in [0.25, 0.3) is 0 Å². The van der Waals surface area contributed by atoms with E-state index in [1.165, 1.54) is 4.90 Å². The zero-order valence-corrected chi connectivity index (χ0v) is 9.78. The van der Waals surface area contributed by atoms with Crippen LogP contribution in [0.4, 0.5) is 0 Å². The van der Waals surface area contributed by atoms with Gasteiger partial charge in [-0.05, 0) is 24.2 Å². The Labute approximate surface area is 90.3 Å². The van der Waals surface area contributed by atoms with Gasteiger partial charge in [-0.1, -0.05) is 20.8 Å². The van der Waals surface area contributed by atoms with Gasteiger partial charge in [0.1, 0.15) is 5.54 Å². The van der Waals surface area contributed by atoms with Crippen molar-refractivity contribution >= 4 is 12.4 Å². The number of hydrogen-bond donors (Lipinski definition) is 1. The Morgan fingerprint density at radius 3 is 2.33 bits per heavy atom. The van der Waals surface area contributed by atoms with E-state index in [4.69, 9.17) is 0 Å². The minimum absolute atomic E-state index is 0.0137. The van der Waals surface area contributed by atoms with Crippen molar-refractivity contribution < 1.29 is 14.7 Å². The molecule has 1 rings (SSSR count). The average molecular weight is 213 g/mol. The molecule has 1 fully saturated rings. The molecular weight excluding hydrogens is 194 g/mol. The first-order valence-electron chi connectivity index (χ1n) is 5.18. The second-order valence-corrected chi connectivity index (χ2v) is 5.39. The van der Waals surface area contributed by atoms with E-state index in [1.54, 1.807) is 7.05 Å². The maximum atomic E-state index is 11.4. The number of likely N-dealkylation sites (N-methyl/N-ethyl adjacent to an activating group) is 1. The fourth-order valence-electron chi connectivity index (χ4n) is 2.98. The van der Waals surface area contributed by atoms with E-state index in [0.717, 1.165) is 6.42 Å². The summed E-state index contributed by atoms with van der Waals surface area (Å²) >= 11 is 0. The highest BCUT2D eigenvalue weighted by molar-refractivity contribution is 5.82. The highest BCUT2D eigenvalue weighted by atomic mass is 16.4. The Morgan fingerprint density at radius 1 is 1.53 bits per heavy atom. The van der Waals surface area contributed by atoms with E-state index in [9.17, 15) is 14.7 Å². The lowest BCUT2D eigenvalue weighted by Gasteiger charge is -2.36. The molecule has 0 aliphatic heterocycles. The van der Waals surface area contributed by atoms with E-state index in [1.807, 2.05) is 20.8 Å². The molecule has 4 nitrogen and oxygen atoms in total. The fourth-order valence-corrected chi connectivity index (χ4v) is 2.98. The summed E-state index contributed by atoms with van der Waals surface area (Å²) in [5, 5.41) is 9.37. The Balaban J connectivity index is 3.13. The Kier molecular flexibility index (Phi) is 2.81. The summed E-state index contributed by atoms with van der Waals surface area (Å²) in [7, 11) is 1.55. The van der Waals surface area contributed by atoms with Crippen molar-refractivity contribution in [3.05, 3.63) is 0 Å². The number of carbonyl (C=O) groups is 2. The molecule has 4 heteroatoms. The molecule has 2 atom stereocenters. The molecule has 15 heavy (non-hydrogen) atoms. The van der Waals surface area contributed by atoms with Crippen LogP contribution in [0.1, 0.15) is 33.6 Å². The summed E-state index contributed by atoms with van der Waals surface area (Å²) < 4.78 is 0. The zero-order valence-electron chi connectivity index (χ0n) is 9.78. The first-order chi connectivity index (χ1) is 6.76. The smallest absolute Gasteiger partial charge is 0.329 e. The van der Waals surface area contributed by atoms with Gasteiger partial charge in [0.05, 0.1) is 0 Å².